The van der Waals surface area contributed by atoms with Gasteiger partial charge in [0.1, 0.15) is 5.69 Å². The summed E-state index contributed by atoms with van der Waals surface area (Å²) >= 11 is 0. The minimum Gasteiger partial charge on any atom is -0.216 e. The van der Waals surface area contributed by atoms with E-state index in [1.165, 1.54) is 4.31 Å². The molecule has 0 aromatic carbocycles. The van der Waals surface area contributed by atoms with Gasteiger partial charge >= 0.3 is 0 Å². The molecule has 0 unspecified atom stereocenters. The molecule has 2 heterocycles. The van der Waals surface area contributed by atoms with E-state index in [1.54, 1.807) is 0 Å². The fraction of sp³-hybridized carbons (Fsp3) is 0.600. The van der Waals surface area contributed by atoms with E-state index in [1.807, 2.05) is 0 Å². The van der Waals surface area contributed by atoms with Crippen LogP contribution in [0.3, 0.4) is 0 Å². The lowest BCUT2D eigenvalue weighted by Crippen LogP contribution is -2.40. The second-order valence-electron chi connectivity index (χ2n) is 2.85. The molecule has 1 aromatic rings. The first-order valence-corrected chi connectivity index (χ1v) is 5.24. The number of hydrogen-bond donors (Lipinski definition) is 2. The van der Waals surface area contributed by atoms with Gasteiger partial charge in [-0.3, -0.25) is 0 Å². The summed E-state index contributed by atoms with van der Waals surface area (Å²) in [5.41, 5.74) is 1.47. The van der Waals surface area contributed by atoms with Crippen LogP contribution in [0.4, 0.5) is 0 Å². The van der Waals surface area contributed by atoms with Gasteiger partial charge in [0.2, 0.25) is 0 Å². The van der Waals surface area contributed by atoms with Gasteiger partial charge in [0, 0.05) is 13.0 Å². The summed E-state index contributed by atoms with van der Waals surface area (Å²) in [4.78, 5) is 0. The largest absolute Gasteiger partial charge is 0.277 e. The van der Waals surface area contributed by atoms with Crippen molar-refractivity contribution in [3.63, 3.8) is 0 Å². The summed E-state index contributed by atoms with van der Waals surface area (Å²) < 4.78 is 23.1. The van der Waals surface area contributed by atoms with Gasteiger partial charge in [0.25, 0.3) is 10.2 Å². The molecular formula is C5H9N5O2S. The lowest BCUT2D eigenvalue weighted by atomic mass is 10.2. The number of rotatable bonds is 1. The maximum atomic E-state index is 11.0. The number of nitrogens with two attached hydrogens (primary N) is 1. The van der Waals surface area contributed by atoms with Gasteiger partial charge in [0.05, 0.1) is 12.2 Å². The highest BCUT2D eigenvalue weighted by Gasteiger charge is 2.25. The highest BCUT2D eigenvalue weighted by molar-refractivity contribution is 7.86. The number of hydrogen-bond acceptors (Lipinski definition) is 4. The Balaban J connectivity index is 2.27. The molecule has 0 amide bonds. The van der Waals surface area contributed by atoms with Crippen molar-refractivity contribution in [1.29, 1.82) is 0 Å². The molecule has 0 atom stereocenters. The predicted molar refractivity (Wildman–Crippen MR) is 43.6 cm³/mol. The molecule has 0 aliphatic carbocycles. The fourth-order valence-electron chi connectivity index (χ4n) is 1.30. The Labute approximate surface area is 75.1 Å². The maximum absolute atomic E-state index is 11.0. The van der Waals surface area contributed by atoms with Crippen molar-refractivity contribution in [3.8, 4) is 0 Å². The quantitative estimate of drug-likeness (QED) is 0.571. The van der Waals surface area contributed by atoms with Crippen molar-refractivity contribution in [2.75, 3.05) is 6.54 Å². The summed E-state index contributed by atoms with van der Waals surface area (Å²) in [6.07, 6.45) is 0.558. The topological polar surface area (TPSA) is 105 Å². The van der Waals surface area contributed by atoms with Gasteiger partial charge < -0.3 is 0 Å². The molecule has 72 valence electrons. The number of aromatic amines is 1. The van der Waals surface area contributed by atoms with Crippen molar-refractivity contribution >= 4 is 10.2 Å². The molecule has 0 bridgehead atoms. The minimum absolute atomic E-state index is 0.213. The van der Waals surface area contributed by atoms with Crippen LogP contribution in [-0.2, 0) is 23.2 Å². The molecule has 0 fully saturated rings. The molecule has 0 saturated carbocycles. The van der Waals surface area contributed by atoms with Crippen LogP contribution < -0.4 is 5.14 Å². The fourth-order valence-corrected chi connectivity index (χ4v) is 1.94. The van der Waals surface area contributed by atoms with Crippen LogP contribution in [0, 0.1) is 0 Å². The van der Waals surface area contributed by atoms with Gasteiger partial charge in [-0.05, 0) is 0 Å². The van der Waals surface area contributed by atoms with Crippen LogP contribution in [0.25, 0.3) is 0 Å². The lowest BCUT2D eigenvalue weighted by molar-refractivity contribution is 0.386. The monoisotopic (exact) mass is 203 g/mol. The van der Waals surface area contributed by atoms with E-state index in [2.05, 4.69) is 15.4 Å². The molecule has 1 aliphatic heterocycles. The van der Waals surface area contributed by atoms with Gasteiger partial charge in [-0.15, -0.1) is 0 Å². The summed E-state index contributed by atoms with van der Waals surface area (Å²) in [5.74, 6) is 0. The molecule has 7 nitrogen and oxygen atoms in total. The van der Waals surface area contributed by atoms with Crippen LogP contribution in [-0.4, -0.2) is 34.7 Å². The SMILES string of the molecule is NS(=O)(=O)N1CCc2n[nH]nc2C1. The molecule has 8 heteroatoms. The zero-order valence-corrected chi connectivity index (χ0v) is 7.58. The van der Waals surface area contributed by atoms with Crippen LogP contribution in [0.15, 0.2) is 0 Å². The number of nitrogens with zero attached hydrogens (tertiary/aromatic N) is 3. The Morgan fingerprint density at radius 3 is 2.77 bits per heavy atom. The van der Waals surface area contributed by atoms with Crippen molar-refractivity contribution in [3.05, 3.63) is 11.4 Å². The molecule has 0 spiro atoms. The summed E-state index contributed by atoms with van der Waals surface area (Å²) in [5, 5.41) is 15.1. The highest BCUT2D eigenvalue weighted by Crippen LogP contribution is 2.14. The predicted octanol–water partition coefficient (Wildman–Crippen LogP) is -1.63. The average Bonchev–Trinajstić information content (AvgIpc) is 2.47. The van der Waals surface area contributed by atoms with Crippen LogP contribution in [0.5, 0.6) is 0 Å². The van der Waals surface area contributed by atoms with Crippen molar-refractivity contribution in [2.24, 2.45) is 5.14 Å². The van der Waals surface area contributed by atoms with E-state index in [4.69, 9.17) is 5.14 Å². The number of fused-ring (bicyclic) bond motifs is 1. The summed E-state index contributed by atoms with van der Waals surface area (Å²) in [6.45, 7) is 0.586. The van der Waals surface area contributed by atoms with E-state index in [9.17, 15) is 8.42 Å². The molecule has 3 N–H and O–H groups in total. The summed E-state index contributed by atoms with van der Waals surface area (Å²) in [6, 6.07) is 0. The standard InChI is InChI=1S/C5H9N5O2S/c6-13(11,12)10-2-1-4-5(3-10)8-9-7-4/h1-3H2,(H2,6,11,12)(H,7,8,9). The van der Waals surface area contributed by atoms with Crippen LogP contribution >= 0.6 is 0 Å². The van der Waals surface area contributed by atoms with Gasteiger partial charge in [0.15, 0.2) is 0 Å². The third-order valence-corrected chi connectivity index (χ3v) is 3.02. The van der Waals surface area contributed by atoms with Gasteiger partial charge in [-0.25, -0.2) is 5.14 Å². The van der Waals surface area contributed by atoms with Crippen molar-refractivity contribution in [1.82, 2.24) is 19.7 Å². The first kappa shape index (κ1) is 8.60. The molecule has 0 saturated heterocycles. The Morgan fingerprint density at radius 1 is 1.38 bits per heavy atom. The first-order valence-electron chi connectivity index (χ1n) is 3.74. The van der Waals surface area contributed by atoms with E-state index >= 15 is 0 Å². The van der Waals surface area contributed by atoms with E-state index < -0.39 is 10.2 Å². The Kier molecular flexibility index (Phi) is 1.82. The maximum Gasteiger partial charge on any atom is 0.277 e. The third-order valence-electron chi connectivity index (χ3n) is 1.99. The number of aromatic nitrogens is 3. The van der Waals surface area contributed by atoms with Crippen LogP contribution in [0.1, 0.15) is 11.4 Å². The zero-order valence-electron chi connectivity index (χ0n) is 6.77. The Morgan fingerprint density at radius 2 is 2.08 bits per heavy atom. The van der Waals surface area contributed by atoms with E-state index in [-0.39, 0.29) is 6.54 Å². The second-order valence-corrected chi connectivity index (χ2v) is 4.39. The zero-order chi connectivity index (χ0) is 9.47. The van der Waals surface area contributed by atoms with E-state index in [0.29, 0.717) is 18.7 Å². The van der Waals surface area contributed by atoms with Crippen LogP contribution in [0.2, 0.25) is 0 Å². The Bertz CT molecular complexity index is 410. The molecule has 0 radical (unpaired) electrons. The molecular weight excluding hydrogens is 194 g/mol. The smallest absolute Gasteiger partial charge is 0.216 e. The minimum atomic E-state index is -3.59. The van der Waals surface area contributed by atoms with E-state index in [0.717, 1.165) is 5.69 Å². The lowest BCUT2D eigenvalue weighted by Gasteiger charge is -2.21. The third kappa shape index (κ3) is 1.55. The number of nitrogens with one attached hydrogen (secondary N) is 1. The molecule has 2 rings (SSSR count). The highest BCUT2D eigenvalue weighted by atomic mass is 32.2. The van der Waals surface area contributed by atoms with Gasteiger partial charge in [-0.1, -0.05) is 0 Å². The van der Waals surface area contributed by atoms with Crippen molar-refractivity contribution in [2.45, 2.75) is 13.0 Å². The molecule has 13 heavy (non-hydrogen) atoms. The molecule has 1 aliphatic rings. The first-order chi connectivity index (χ1) is 6.07. The average molecular weight is 203 g/mol. The Hall–Kier alpha value is -0.990. The normalized spacial score (nSPS) is 18.5. The van der Waals surface area contributed by atoms with Gasteiger partial charge in [-0.2, -0.15) is 28.1 Å². The summed E-state index contributed by atoms with van der Waals surface area (Å²) in [7, 11) is -3.59. The number of H-pyrrole nitrogens is 1. The molecule has 1 aromatic heterocycles. The van der Waals surface area contributed by atoms with Crippen molar-refractivity contribution < 1.29 is 8.42 Å². The second kappa shape index (κ2) is 2.76.